The first kappa shape index (κ1) is 28.2. The van der Waals surface area contributed by atoms with E-state index in [0.717, 1.165) is 6.42 Å². The molecule has 0 amide bonds. The number of aryl methyl sites for hydroxylation is 3. The van der Waals surface area contributed by atoms with E-state index in [2.05, 4.69) is 172 Å². The standard InChI is InChI=1S/C40H38IN/c1-29-13-11-17-36(25-29)41(35-15-7-5-8-16-35)39-23-21-33(27-31(39)3)34-22-24-40(32(4)28-34)42(37-18-9-6-10-19-37)38-20-12-14-30(2)26-38/h5-22,24-28,39H,23H2,1-4H3. The van der Waals surface area contributed by atoms with Gasteiger partial charge >= 0.3 is 241 Å². The molecule has 1 aliphatic rings. The molecule has 6 rings (SSSR count). The molecule has 1 aliphatic carbocycles. The van der Waals surface area contributed by atoms with Crippen LogP contribution in [0.5, 0.6) is 0 Å². The van der Waals surface area contributed by atoms with Crippen LogP contribution in [0.3, 0.4) is 0 Å². The van der Waals surface area contributed by atoms with Crippen LogP contribution < -0.4 is 4.90 Å². The zero-order chi connectivity index (χ0) is 29.1. The summed E-state index contributed by atoms with van der Waals surface area (Å²) in [5.41, 5.74) is 11.6. The van der Waals surface area contributed by atoms with E-state index in [1.807, 2.05) is 0 Å². The fourth-order valence-corrected chi connectivity index (χ4v) is 12.8. The van der Waals surface area contributed by atoms with E-state index in [4.69, 9.17) is 0 Å². The summed E-state index contributed by atoms with van der Waals surface area (Å²) in [5.74, 6) is 0. The molecule has 0 saturated carbocycles. The fraction of sp³-hybridized carbons (Fsp3) is 0.150. The second-order valence-corrected chi connectivity index (χ2v) is 16.9. The van der Waals surface area contributed by atoms with Crippen molar-refractivity contribution in [3.8, 4) is 0 Å². The van der Waals surface area contributed by atoms with Crippen molar-refractivity contribution in [2.75, 3.05) is 4.90 Å². The van der Waals surface area contributed by atoms with Crippen molar-refractivity contribution in [2.24, 2.45) is 0 Å². The predicted octanol–water partition coefficient (Wildman–Crippen LogP) is 11.4. The van der Waals surface area contributed by atoms with Gasteiger partial charge in [-0.1, -0.05) is 12.1 Å². The van der Waals surface area contributed by atoms with Crippen molar-refractivity contribution in [1.29, 1.82) is 0 Å². The molecule has 2 heteroatoms. The molecule has 0 saturated heterocycles. The minimum atomic E-state index is -1.69. The second kappa shape index (κ2) is 12.5. The molecule has 5 aromatic carbocycles. The van der Waals surface area contributed by atoms with Crippen LogP contribution in [0.2, 0.25) is 0 Å². The molecule has 0 bridgehead atoms. The molecule has 0 radical (unpaired) electrons. The third-order valence-electron chi connectivity index (χ3n) is 7.91. The zero-order valence-corrected chi connectivity index (χ0v) is 27.0. The molecule has 0 aliphatic heterocycles. The van der Waals surface area contributed by atoms with Gasteiger partial charge < -0.3 is 0 Å². The van der Waals surface area contributed by atoms with Gasteiger partial charge in [-0.05, 0) is 6.92 Å². The number of benzene rings is 5. The average Bonchev–Trinajstić information content (AvgIpc) is 3.00. The van der Waals surface area contributed by atoms with Crippen LogP contribution in [-0.2, 0) is 0 Å². The molecule has 1 atom stereocenters. The van der Waals surface area contributed by atoms with Gasteiger partial charge in [-0.3, -0.25) is 0 Å². The van der Waals surface area contributed by atoms with Gasteiger partial charge in [0.2, 0.25) is 0 Å². The van der Waals surface area contributed by atoms with E-state index >= 15 is 0 Å². The summed E-state index contributed by atoms with van der Waals surface area (Å²) in [4.78, 5) is 2.37. The molecule has 0 heterocycles. The second-order valence-electron chi connectivity index (χ2n) is 11.2. The van der Waals surface area contributed by atoms with E-state index in [-0.39, 0.29) is 0 Å². The predicted molar refractivity (Wildman–Crippen MR) is 190 cm³/mol. The maximum absolute atomic E-state index is 2.49. The number of rotatable bonds is 7. The number of allylic oxidation sites excluding steroid dienone is 4. The van der Waals surface area contributed by atoms with Gasteiger partial charge in [0.1, 0.15) is 0 Å². The van der Waals surface area contributed by atoms with Crippen LogP contribution in [0.1, 0.15) is 35.6 Å². The maximum atomic E-state index is 2.49. The van der Waals surface area contributed by atoms with Crippen molar-refractivity contribution >= 4 is 42.5 Å². The van der Waals surface area contributed by atoms with Gasteiger partial charge in [0.15, 0.2) is 0 Å². The van der Waals surface area contributed by atoms with Gasteiger partial charge in [0.05, 0.1) is 0 Å². The topological polar surface area (TPSA) is 3.24 Å². The Morgan fingerprint density at radius 1 is 0.595 bits per heavy atom. The van der Waals surface area contributed by atoms with Crippen molar-refractivity contribution in [3.05, 3.63) is 175 Å². The summed E-state index contributed by atoms with van der Waals surface area (Å²) in [6, 6.07) is 46.9. The van der Waals surface area contributed by atoms with Crippen LogP contribution in [0.4, 0.5) is 17.1 Å². The first-order chi connectivity index (χ1) is 20.5. The number of para-hydroxylation sites is 1. The minimum absolute atomic E-state index is 0.581. The van der Waals surface area contributed by atoms with Crippen LogP contribution in [-0.4, -0.2) is 3.92 Å². The third-order valence-corrected chi connectivity index (χ3v) is 15.0. The Hall–Kier alpha value is -3.89. The van der Waals surface area contributed by atoms with E-state index in [1.54, 1.807) is 7.14 Å². The van der Waals surface area contributed by atoms with Crippen LogP contribution in [0.15, 0.2) is 145 Å². The monoisotopic (exact) mass is 659 g/mol. The average molecular weight is 660 g/mol. The van der Waals surface area contributed by atoms with Gasteiger partial charge in [0, 0.05) is 0 Å². The Bertz CT molecular complexity index is 1750. The molecule has 42 heavy (non-hydrogen) atoms. The van der Waals surface area contributed by atoms with Crippen LogP contribution in [0.25, 0.3) is 5.57 Å². The summed E-state index contributed by atoms with van der Waals surface area (Å²) < 4.78 is 3.68. The Balaban J connectivity index is 1.33. The number of hydrogen-bond donors (Lipinski definition) is 0. The SMILES string of the molecule is CC1=CC(c2ccc(N(c3ccccc3)c3cccc(C)c3)c(C)c2)=CCC1I(c1ccccc1)c1cccc(C)c1. The Morgan fingerprint density at radius 3 is 1.90 bits per heavy atom. The molecule has 1 unspecified atom stereocenters. The van der Waals surface area contributed by atoms with Crippen molar-refractivity contribution < 1.29 is 0 Å². The summed E-state index contributed by atoms with van der Waals surface area (Å²) in [6.07, 6.45) is 6.04. The van der Waals surface area contributed by atoms with E-state index < -0.39 is 19.8 Å². The number of nitrogens with zero attached hydrogens (tertiary/aromatic N) is 1. The third kappa shape index (κ3) is 6.00. The van der Waals surface area contributed by atoms with Gasteiger partial charge in [-0.15, -0.1) is 0 Å². The van der Waals surface area contributed by atoms with E-state index in [9.17, 15) is 0 Å². The first-order valence-electron chi connectivity index (χ1n) is 14.7. The Morgan fingerprint density at radius 2 is 1.24 bits per heavy atom. The molecular weight excluding hydrogens is 621 g/mol. The molecule has 0 aromatic heterocycles. The van der Waals surface area contributed by atoms with Gasteiger partial charge in [-0.25, -0.2) is 0 Å². The summed E-state index contributed by atoms with van der Waals surface area (Å²) in [6.45, 7) is 8.97. The normalized spacial score (nSPS) is 15.0. The molecule has 0 spiro atoms. The van der Waals surface area contributed by atoms with E-state index in [0.29, 0.717) is 3.92 Å². The van der Waals surface area contributed by atoms with E-state index in [1.165, 1.54) is 50.5 Å². The summed E-state index contributed by atoms with van der Waals surface area (Å²) in [7, 11) is 0. The number of halogens is 1. The molecule has 210 valence electrons. The fourth-order valence-electron chi connectivity index (χ4n) is 5.84. The number of alkyl halides is 1. The molecule has 0 N–H and O–H groups in total. The number of hydrogen-bond acceptors (Lipinski definition) is 1. The summed E-state index contributed by atoms with van der Waals surface area (Å²) in [5, 5.41) is 0. The quantitative estimate of drug-likeness (QED) is 0.124. The van der Waals surface area contributed by atoms with Crippen molar-refractivity contribution in [1.82, 2.24) is 0 Å². The molecule has 5 aromatic rings. The summed E-state index contributed by atoms with van der Waals surface area (Å²) >= 11 is -1.69. The van der Waals surface area contributed by atoms with Crippen molar-refractivity contribution in [3.63, 3.8) is 0 Å². The zero-order valence-electron chi connectivity index (χ0n) is 24.9. The Kier molecular flexibility index (Phi) is 8.43. The molecule has 0 fully saturated rings. The molecular formula is C40H38IN. The van der Waals surface area contributed by atoms with Gasteiger partial charge in [0.25, 0.3) is 0 Å². The number of anilines is 3. The van der Waals surface area contributed by atoms with Crippen LogP contribution in [0, 0.1) is 27.9 Å². The Labute approximate surface area is 258 Å². The van der Waals surface area contributed by atoms with Gasteiger partial charge in [-0.2, -0.15) is 0 Å². The molecule has 1 nitrogen and oxygen atoms in total. The van der Waals surface area contributed by atoms with Crippen molar-refractivity contribution in [2.45, 2.75) is 38.0 Å². The first-order valence-corrected chi connectivity index (χ1v) is 18.1. The van der Waals surface area contributed by atoms with Crippen LogP contribution >= 0.6 is 19.8 Å².